The summed E-state index contributed by atoms with van der Waals surface area (Å²) in [4.78, 5) is 17.3. The lowest BCUT2D eigenvalue weighted by atomic mass is 9.93. The average molecular weight is 592 g/mol. The summed E-state index contributed by atoms with van der Waals surface area (Å²) in [6.45, 7) is 8.28. The highest BCUT2D eigenvalue weighted by molar-refractivity contribution is 5.94. The van der Waals surface area contributed by atoms with Crippen LogP contribution in [0.25, 0.3) is 0 Å². The molecular formula is C35H40F3N3O2. The van der Waals surface area contributed by atoms with E-state index in [-0.39, 0.29) is 17.4 Å². The molecule has 1 aliphatic rings. The largest absolute Gasteiger partial charge is 0.490 e. The van der Waals surface area contributed by atoms with Crippen LogP contribution in [-0.2, 0) is 12.7 Å². The van der Waals surface area contributed by atoms with E-state index in [0.717, 1.165) is 62.3 Å². The van der Waals surface area contributed by atoms with Crippen LogP contribution in [0.4, 0.5) is 13.2 Å². The van der Waals surface area contributed by atoms with Gasteiger partial charge in [0.05, 0.1) is 5.56 Å². The van der Waals surface area contributed by atoms with Gasteiger partial charge in [-0.3, -0.25) is 9.69 Å². The molecule has 3 aromatic carbocycles. The highest BCUT2D eigenvalue weighted by atomic mass is 19.4. The molecule has 1 heterocycles. The maximum atomic E-state index is 12.8. The smallest absolute Gasteiger partial charge is 0.416 e. The quantitative estimate of drug-likeness (QED) is 0.290. The van der Waals surface area contributed by atoms with E-state index >= 15 is 0 Å². The summed E-state index contributed by atoms with van der Waals surface area (Å²) >= 11 is 0. The van der Waals surface area contributed by atoms with Gasteiger partial charge in [0.25, 0.3) is 5.91 Å². The van der Waals surface area contributed by atoms with Gasteiger partial charge in [0, 0.05) is 49.4 Å². The first-order chi connectivity index (χ1) is 20.4. The standard InChI is InChI=1S/C35H40F3N3O2/c1-34(2,25-40(3)4)24-39-33(42)29-9-6-10-32(22-29)43-31-17-19-41(20-18-31)23-28-8-5-7-27(21-28)12-11-26-13-15-30(16-14-26)35(36,37)38/h5-10,13-16,21-22,31H,17-20,23-25H2,1-4H3,(H,39,42). The topological polar surface area (TPSA) is 44.8 Å². The summed E-state index contributed by atoms with van der Waals surface area (Å²) < 4.78 is 44.6. The molecule has 4 rings (SSSR count). The van der Waals surface area contributed by atoms with Crippen LogP contribution in [0.15, 0.2) is 72.8 Å². The Kier molecular flexibility index (Phi) is 10.5. The number of ether oxygens (including phenoxy) is 1. The predicted octanol–water partition coefficient (Wildman–Crippen LogP) is 6.47. The summed E-state index contributed by atoms with van der Waals surface area (Å²) in [5.74, 6) is 6.63. The van der Waals surface area contributed by atoms with Gasteiger partial charge in [0.1, 0.15) is 11.9 Å². The molecule has 43 heavy (non-hydrogen) atoms. The molecule has 0 aliphatic carbocycles. The highest BCUT2D eigenvalue weighted by Gasteiger charge is 2.30. The third-order valence-corrected chi connectivity index (χ3v) is 7.30. The number of nitrogens with one attached hydrogen (secondary N) is 1. The number of carbonyl (C=O) groups is 1. The number of hydrogen-bond donors (Lipinski definition) is 1. The van der Waals surface area contributed by atoms with Crippen molar-refractivity contribution in [3.63, 3.8) is 0 Å². The maximum absolute atomic E-state index is 12.8. The van der Waals surface area contributed by atoms with Gasteiger partial charge >= 0.3 is 6.18 Å². The number of piperidine rings is 1. The first kappa shape index (κ1) is 32.1. The Morgan fingerprint density at radius 3 is 2.30 bits per heavy atom. The second kappa shape index (κ2) is 14.1. The number of likely N-dealkylation sites (tertiary alicyclic amines) is 1. The van der Waals surface area contributed by atoms with Crippen LogP contribution < -0.4 is 10.1 Å². The lowest BCUT2D eigenvalue weighted by molar-refractivity contribution is -0.137. The molecule has 0 spiro atoms. The van der Waals surface area contributed by atoms with E-state index in [9.17, 15) is 18.0 Å². The highest BCUT2D eigenvalue weighted by Crippen LogP contribution is 2.29. The van der Waals surface area contributed by atoms with Crippen molar-refractivity contribution in [1.82, 2.24) is 15.1 Å². The number of halogens is 3. The molecule has 0 unspecified atom stereocenters. The normalized spacial score (nSPS) is 14.7. The van der Waals surface area contributed by atoms with Crippen LogP contribution in [0.1, 0.15) is 59.3 Å². The number of nitrogens with zero attached hydrogens (tertiary/aromatic N) is 2. The van der Waals surface area contributed by atoms with Gasteiger partial charge in [-0.2, -0.15) is 13.2 Å². The molecule has 0 aromatic heterocycles. The molecule has 228 valence electrons. The molecule has 0 saturated carbocycles. The van der Waals surface area contributed by atoms with E-state index in [0.29, 0.717) is 23.4 Å². The molecule has 1 aliphatic heterocycles. The van der Waals surface area contributed by atoms with Crippen molar-refractivity contribution in [2.75, 3.05) is 40.3 Å². The molecular weight excluding hydrogens is 551 g/mol. The SMILES string of the molecule is CN(C)CC(C)(C)CNC(=O)c1cccc(OC2CCN(Cc3cccc(C#Cc4ccc(C(F)(F)F)cc4)c3)CC2)c1. The third-order valence-electron chi connectivity index (χ3n) is 7.30. The fraction of sp³-hybridized carbons (Fsp3) is 0.400. The number of hydrogen-bond acceptors (Lipinski definition) is 4. The number of rotatable bonds is 9. The van der Waals surface area contributed by atoms with Crippen molar-refractivity contribution in [2.45, 2.75) is 45.5 Å². The van der Waals surface area contributed by atoms with Crippen molar-refractivity contribution in [3.8, 4) is 17.6 Å². The zero-order valence-electron chi connectivity index (χ0n) is 25.3. The van der Waals surface area contributed by atoms with Crippen molar-refractivity contribution >= 4 is 5.91 Å². The van der Waals surface area contributed by atoms with Crippen LogP contribution >= 0.6 is 0 Å². The summed E-state index contributed by atoms with van der Waals surface area (Å²) in [5, 5.41) is 3.06. The lowest BCUT2D eigenvalue weighted by Gasteiger charge is -2.32. The Morgan fingerprint density at radius 1 is 0.953 bits per heavy atom. The Labute approximate surface area is 253 Å². The zero-order chi connectivity index (χ0) is 31.0. The van der Waals surface area contributed by atoms with Gasteiger partial charge in [-0.15, -0.1) is 0 Å². The van der Waals surface area contributed by atoms with Gasteiger partial charge in [0.15, 0.2) is 0 Å². The average Bonchev–Trinajstić information content (AvgIpc) is 2.95. The minimum Gasteiger partial charge on any atom is -0.490 e. The van der Waals surface area contributed by atoms with Gasteiger partial charge in [0.2, 0.25) is 0 Å². The minimum absolute atomic E-state index is 0.0363. The molecule has 1 N–H and O–H groups in total. The predicted molar refractivity (Wildman–Crippen MR) is 164 cm³/mol. The number of alkyl halides is 3. The van der Waals surface area contributed by atoms with Gasteiger partial charge in [-0.25, -0.2) is 0 Å². The van der Waals surface area contributed by atoms with Crippen LogP contribution in [0, 0.1) is 17.3 Å². The molecule has 0 bridgehead atoms. The van der Waals surface area contributed by atoms with E-state index < -0.39 is 11.7 Å². The van der Waals surface area contributed by atoms with Gasteiger partial charge in [-0.1, -0.05) is 43.9 Å². The van der Waals surface area contributed by atoms with Gasteiger partial charge in [-0.05, 0) is 92.5 Å². The van der Waals surface area contributed by atoms with E-state index in [2.05, 4.69) is 46.9 Å². The maximum Gasteiger partial charge on any atom is 0.416 e. The Hall–Kier alpha value is -3.80. The molecule has 1 amide bonds. The molecule has 1 fully saturated rings. The van der Waals surface area contributed by atoms with Crippen LogP contribution in [0.5, 0.6) is 5.75 Å². The molecule has 1 saturated heterocycles. The van der Waals surface area contributed by atoms with Crippen molar-refractivity contribution < 1.29 is 22.7 Å². The summed E-state index contributed by atoms with van der Waals surface area (Å²) in [6.07, 6.45) is -2.52. The molecule has 3 aromatic rings. The summed E-state index contributed by atoms with van der Waals surface area (Å²) in [7, 11) is 4.06. The Morgan fingerprint density at radius 2 is 1.63 bits per heavy atom. The Balaban J connectivity index is 1.26. The molecule has 0 radical (unpaired) electrons. The van der Waals surface area contributed by atoms with Crippen LogP contribution in [0.3, 0.4) is 0 Å². The second-order valence-corrected chi connectivity index (χ2v) is 12.2. The summed E-state index contributed by atoms with van der Waals surface area (Å²) in [6, 6.07) is 20.2. The first-order valence-electron chi connectivity index (χ1n) is 14.6. The summed E-state index contributed by atoms with van der Waals surface area (Å²) in [5.41, 5.74) is 2.37. The van der Waals surface area contributed by atoms with Crippen LogP contribution in [-0.4, -0.2) is 62.1 Å². The van der Waals surface area contributed by atoms with Crippen LogP contribution in [0.2, 0.25) is 0 Å². The van der Waals surface area contributed by atoms with E-state index in [1.807, 2.05) is 56.6 Å². The third kappa shape index (κ3) is 10.2. The van der Waals surface area contributed by atoms with Crippen molar-refractivity contribution in [2.24, 2.45) is 5.41 Å². The lowest BCUT2D eigenvalue weighted by Crippen LogP contribution is -2.40. The number of carbonyl (C=O) groups excluding carboxylic acids is 1. The number of benzene rings is 3. The minimum atomic E-state index is -4.35. The molecule has 0 atom stereocenters. The fourth-order valence-electron chi connectivity index (χ4n) is 5.31. The monoisotopic (exact) mass is 591 g/mol. The number of amides is 1. The molecule has 8 heteroatoms. The van der Waals surface area contributed by atoms with E-state index in [4.69, 9.17) is 4.74 Å². The second-order valence-electron chi connectivity index (χ2n) is 12.2. The van der Waals surface area contributed by atoms with Crippen molar-refractivity contribution in [3.05, 3.63) is 101 Å². The zero-order valence-corrected chi connectivity index (χ0v) is 25.3. The molecule has 5 nitrogen and oxygen atoms in total. The fourth-order valence-corrected chi connectivity index (χ4v) is 5.31. The van der Waals surface area contributed by atoms with Gasteiger partial charge < -0.3 is 15.0 Å². The first-order valence-corrected chi connectivity index (χ1v) is 14.6. The van der Waals surface area contributed by atoms with E-state index in [1.165, 1.54) is 12.1 Å². The van der Waals surface area contributed by atoms with Crippen molar-refractivity contribution in [1.29, 1.82) is 0 Å². The van der Waals surface area contributed by atoms with E-state index in [1.54, 1.807) is 0 Å². The Bertz CT molecular complexity index is 1430.